The molecule has 0 saturated carbocycles. The Morgan fingerprint density at radius 1 is 1.41 bits per heavy atom. The molecule has 1 aromatic carbocycles. The molecule has 0 aliphatic rings. The van der Waals surface area contributed by atoms with Crippen LogP contribution in [-0.4, -0.2) is 10.1 Å². The molecule has 0 fully saturated rings. The second-order valence-corrected chi connectivity index (χ2v) is 5.20. The summed E-state index contributed by atoms with van der Waals surface area (Å²) in [5, 5.41) is 3.95. The summed E-state index contributed by atoms with van der Waals surface area (Å²) in [6.07, 6.45) is 0.819. The molecular weight excluding hydrogens is 282 g/mol. The maximum Gasteiger partial charge on any atom is 0.257 e. The van der Waals surface area contributed by atoms with Crippen LogP contribution >= 0.6 is 15.9 Å². The lowest BCUT2D eigenvalue weighted by Gasteiger charge is -1.99. The Bertz CT molecular complexity index is 522. The van der Waals surface area contributed by atoms with Crippen LogP contribution in [0.2, 0.25) is 0 Å². The van der Waals surface area contributed by atoms with Gasteiger partial charge in [-0.25, -0.2) is 0 Å². The fraction of sp³-hybridized carbons (Fsp3) is 0.333. The molecule has 0 aliphatic carbocycles. The molecule has 1 heterocycles. The number of nitrogen functional groups attached to an aromatic ring is 1. The highest BCUT2D eigenvalue weighted by molar-refractivity contribution is 9.10. The number of hydrogen-bond donors (Lipinski definition) is 1. The third-order valence-corrected chi connectivity index (χ3v) is 2.99. The van der Waals surface area contributed by atoms with Gasteiger partial charge in [-0.3, -0.25) is 0 Å². The summed E-state index contributed by atoms with van der Waals surface area (Å²) >= 11 is 3.38. The average molecular weight is 296 g/mol. The predicted molar refractivity (Wildman–Crippen MR) is 70.4 cm³/mol. The van der Waals surface area contributed by atoms with Gasteiger partial charge in [-0.05, 0) is 40.0 Å². The fourth-order valence-electron chi connectivity index (χ4n) is 1.48. The van der Waals surface area contributed by atoms with E-state index in [9.17, 15) is 0 Å². The zero-order valence-electron chi connectivity index (χ0n) is 9.77. The smallest absolute Gasteiger partial charge is 0.257 e. The van der Waals surface area contributed by atoms with E-state index in [1.54, 1.807) is 0 Å². The summed E-state index contributed by atoms with van der Waals surface area (Å²) in [5.41, 5.74) is 7.28. The van der Waals surface area contributed by atoms with Gasteiger partial charge < -0.3 is 10.3 Å². The predicted octanol–water partition coefficient (Wildman–Crippen LogP) is 3.28. The van der Waals surface area contributed by atoms with Crippen LogP contribution in [0.25, 0.3) is 11.5 Å². The van der Waals surface area contributed by atoms with Crippen LogP contribution in [-0.2, 0) is 6.42 Å². The van der Waals surface area contributed by atoms with Crippen LogP contribution in [0, 0.1) is 5.92 Å². The molecule has 0 bridgehead atoms. The first-order valence-corrected chi connectivity index (χ1v) is 6.23. The van der Waals surface area contributed by atoms with Crippen molar-refractivity contribution in [1.82, 2.24) is 10.1 Å². The Morgan fingerprint density at radius 3 is 2.82 bits per heavy atom. The molecule has 2 aromatic rings. The van der Waals surface area contributed by atoms with E-state index in [-0.39, 0.29) is 0 Å². The number of aromatic nitrogens is 2. The first-order valence-electron chi connectivity index (χ1n) is 5.44. The number of nitrogens with two attached hydrogens (primary N) is 1. The Morgan fingerprint density at radius 2 is 2.18 bits per heavy atom. The second-order valence-electron chi connectivity index (χ2n) is 4.35. The minimum Gasteiger partial charge on any atom is -0.398 e. The van der Waals surface area contributed by atoms with Gasteiger partial charge in [0.05, 0.1) is 0 Å². The monoisotopic (exact) mass is 295 g/mol. The third-order valence-electron chi connectivity index (χ3n) is 2.31. The molecule has 17 heavy (non-hydrogen) atoms. The van der Waals surface area contributed by atoms with E-state index in [0.29, 0.717) is 17.5 Å². The van der Waals surface area contributed by atoms with E-state index in [1.165, 1.54) is 0 Å². The molecule has 0 spiro atoms. The lowest BCUT2D eigenvalue weighted by atomic mass is 10.1. The molecule has 0 unspecified atom stereocenters. The van der Waals surface area contributed by atoms with E-state index in [1.807, 2.05) is 18.2 Å². The van der Waals surface area contributed by atoms with Crippen molar-refractivity contribution >= 4 is 21.6 Å². The van der Waals surface area contributed by atoms with Crippen LogP contribution in [0.5, 0.6) is 0 Å². The molecule has 5 heteroatoms. The molecule has 0 aliphatic heterocycles. The molecule has 90 valence electrons. The molecular formula is C12H14BrN3O. The van der Waals surface area contributed by atoms with Crippen LogP contribution in [0.15, 0.2) is 27.2 Å². The van der Waals surface area contributed by atoms with Gasteiger partial charge in [-0.2, -0.15) is 4.98 Å². The number of nitrogens with zero attached hydrogens (tertiary/aromatic N) is 2. The number of hydrogen-bond acceptors (Lipinski definition) is 4. The molecule has 2 rings (SSSR count). The summed E-state index contributed by atoms with van der Waals surface area (Å²) in [6, 6.07) is 5.56. The van der Waals surface area contributed by atoms with Crippen LogP contribution in [0.4, 0.5) is 5.69 Å². The van der Waals surface area contributed by atoms with Crippen molar-refractivity contribution in [2.45, 2.75) is 20.3 Å². The van der Waals surface area contributed by atoms with Gasteiger partial charge in [0.2, 0.25) is 0 Å². The first kappa shape index (κ1) is 12.1. The Balaban J connectivity index is 2.27. The Labute approximate surface area is 108 Å². The molecule has 1 aromatic heterocycles. The van der Waals surface area contributed by atoms with Gasteiger partial charge in [0, 0.05) is 22.1 Å². The quantitative estimate of drug-likeness (QED) is 0.883. The minimum atomic E-state index is 0.513. The fourth-order valence-corrected chi connectivity index (χ4v) is 1.86. The lowest BCUT2D eigenvalue weighted by molar-refractivity contribution is 0.418. The van der Waals surface area contributed by atoms with Crippen molar-refractivity contribution in [2.24, 2.45) is 5.92 Å². The Hall–Kier alpha value is -1.36. The van der Waals surface area contributed by atoms with Gasteiger partial charge in [0.1, 0.15) is 0 Å². The largest absolute Gasteiger partial charge is 0.398 e. The highest BCUT2D eigenvalue weighted by atomic mass is 79.9. The Kier molecular flexibility index (Phi) is 3.47. The van der Waals surface area contributed by atoms with E-state index >= 15 is 0 Å². The molecule has 4 nitrogen and oxygen atoms in total. The van der Waals surface area contributed by atoms with E-state index < -0.39 is 0 Å². The minimum absolute atomic E-state index is 0.513. The average Bonchev–Trinajstić information content (AvgIpc) is 2.69. The van der Waals surface area contributed by atoms with Crippen molar-refractivity contribution < 1.29 is 4.52 Å². The molecule has 2 N–H and O–H groups in total. The van der Waals surface area contributed by atoms with Crippen molar-refractivity contribution in [3.8, 4) is 11.5 Å². The number of benzene rings is 1. The maximum atomic E-state index is 5.72. The van der Waals surface area contributed by atoms with Crippen LogP contribution < -0.4 is 5.73 Å². The summed E-state index contributed by atoms with van der Waals surface area (Å²) in [6.45, 7) is 4.24. The normalized spacial score (nSPS) is 11.1. The van der Waals surface area contributed by atoms with Crippen molar-refractivity contribution in [1.29, 1.82) is 0 Å². The van der Waals surface area contributed by atoms with E-state index in [2.05, 4.69) is 39.9 Å². The molecule has 0 radical (unpaired) electrons. The topological polar surface area (TPSA) is 64.9 Å². The third kappa shape index (κ3) is 2.85. The summed E-state index contributed by atoms with van der Waals surface area (Å²) in [7, 11) is 0. The highest BCUT2D eigenvalue weighted by Gasteiger charge is 2.10. The molecule has 0 amide bonds. The number of halogens is 1. The van der Waals surface area contributed by atoms with Crippen LogP contribution in [0.3, 0.4) is 0 Å². The summed E-state index contributed by atoms with van der Waals surface area (Å²) in [4.78, 5) is 4.35. The molecule has 0 saturated heterocycles. The molecule has 0 atom stereocenters. The maximum absolute atomic E-state index is 5.72. The van der Waals surface area contributed by atoms with Crippen molar-refractivity contribution in [2.75, 3.05) is 5.73 Å². The number of anilines is 1. The standard InChI is InChI=1S/C12H14BrN3O/c1-7(2)5-11-15-12(17-16-11)8-3-4-10(14)9(13)6-8/h3-4,6-7H,5,14H2,1-2H3. The first-order chi connectivity index (χ1) is 8.06. The van der Waals surface area contributed by atoms with Gasteiger partial charge >= 0.3 is 0 Å². The summed E-state index contributed by atoms with van der Waals surface area (Å²) < 4.78 is 6.06. The van der Waals surface area contributed by atoms with Crippen molar-refractivity contribution in [3.63, 3.8) is 0 Å². The summed E-state index contributed by atoms with van der Waals surface area (Å²) in [5.74, 6) is 1.78. The van der Waals surface area contributed by atoms with Crippen molar-refractivity contribution in [3.05, 3.63) is 28.5 Å². The van der Waals surface area contributed by atoms with Gasteiger partial charge in [-0.15, -0.1) is 0 Å². The zero-order chi connectivity index (χ0) is 12.4. The van der Waals surface area contributed by atoms with Crippen LogP contribution in [0.1, 0.15) is 19.7 Å². The second kappa shape index (κ2) is 4.87. The SMILES string of the molecule is CC(C)Cc1noc(-c2ccc(N)c(Br)c2)n1. The van der Waals surface area contributed by atoms with Gasteiger partial charge in [-0.1, -0.05) is 19.0 Å². The van der Waals surface area contributed by atoms with Gasteiger partial charge in [0.25, 0.3) is 5.89 Å². The van der Waals surface area contributed by atoms with E-state index in [4.69, 9.17) is 10.3 Å². The zero-order valence-corrected chi connectivity index (χ0v) is 11.4. The highest BCUT2D eigenvalue weighted by Crippen LogP contribution is 2.26. The lowest BCUT2D eigenvalue weighted by Crippen LogP contribution is -1.95. The van der Waals surface area contributed by atoms with E-state index in [0.717, 1.165) is 22.3 Å². The number of rotatable bonds is 3. The van der Waals surface area contributed by atoms with Gasteiger partial charge in [0.15, 0.2) is 5.82 Å².